The molecule has 0 aliphatic rings. The van der Waals surface area contributed by atoms with Gasteiger partial charge in [-0.2, -0.15) is 0 Å². The van der Waals surface area contributed by atoms with Crippen molar-refractivity contribution >= 4 is 0 Å². The molecule has 0 spiro atoms. The normalized spacial score (nSPS) is 9.95. The molecule has 5 aromatic heterocycles. The van der Waals surface area contributed by atoms with Crippen molar-refractivity contribution in [2.24, 2.45) is 0 Å². The average Bonchev–Trinajstić information content (AvgIpc) is 2.99. The number of benzene rings is 1. The SMILES string of the molecule is [Ir].[c-]1ccccc1-c1cccc(-c2cccc(-c3ccccn3)n2)n1.c1ccc(-c2ccccn2)nc1. The molecule has 0 unspecified atom stereocenters. The van der Waals surface area contributed by atoms with Gasteiger partial charge in [-0.15, -0.1) is 35.9 Å². The fourth-order valence-corrected chi connectivity index (χ4v) is 3.54. The standard InChI is InChI=1S/C21H14N3.C10H8N2.Ir/c1-2-8-16(9-3-1)17-11-6-13-20(23-17)21-14-7-12-19(24-21)18-10-4-5-15-22-18;1-3-7-11-9(5-1)10-6-2-4-8-12-10;/h1-8,10-15H;1-8H;/q-1;;. The molecule has 181 valence electrons. The first-order valence-electron chi connectivity index (χ1n) is 11.5. The predicted octanol–water partition coefficient (Wildman–Crippen LogP) is 6.81. The molecule has 0 amide bonds. The molecule has 0 N–H and O–H groups in total. The molecule has 0 atom stereocenters. The molecule has 0 aliphatic carbocycles. The van der Waals surface area contributed by atoms with E-state index in [1.807, 2.05) is 115 Å². The van der Waals surface area contributed by atoms with E-state index >= 15 is 0 Å². The van der Waals surface area contributed by atoms with Crippen molar-refractivity contribution in [2.75, 3.05) is 0 Å². The average molecular weight is 657 g/mol. The third-order valence-corrected chi connectivity index (χ3v) is 5.27. The van der Waals surface area contributed by atoms with Crippen LogP contribution in [-0.4, -0.2) is 24.9 Å². The zero-order valence-corrected chi connectivity index (χ0v) is 22.2. The minimum atomic E-state index is 0. The fraction of sp³-hybridized carbons (Fsp3) is 0. The van der Waals surface area contributed by atoms with Gasteiger partial charge in [0, 0.05) is 38.7 Å². The van der Waals surface area contributed by atoms with Gasteiger partial charge in [0.2, 0.25) is 0 Å². The Morgan fingerprint density at radius 1 is 0.378 bits per heavy atom. The maximum atomic E-state index is 4.73. The summed E-state index contributed by atoms with van der Waals surface area (Å²) in [4.78, 5) is 22.2. The van der Waals surface area contributed by atoms with E-state index in [1.54, 1.807) is 18.6 Å². The summed E-state index contributed by atoms with van der Waals surface area (Å²) in [5.74, 6) is 0. The molecule has 6 rings (SSSR count). The largest absolute Gasteiger partial charge is 0.295 e. The van der Waals surface area contributed by atoms with Gasteiger partial charge in [0.25, 0.3) is 0 Å². The van der Waals surface area contributed by atoms with Crippen molar-refractivity contribution in [1.29, 1.82) is 0 Å². The maximum Gasteiger partial charge on any atom is 0.0894 e. The van der Waals surface area contributed by atoms with Gasteiger partial charge in [-0.1, -0.05) is 36.4 Å². The first-order valence-corrected chi connectivity index (χ1v) is 11.5. The van der Waals surface area contributed by atoms with Crippen LogP contribution >= 0.6 is 0 Å². The Morgan fingerprint density at radius 2 is 0.784 bits per heavy atom. The van der Waals surface area contributed by atoms with Crippen molar-refractivity contribution in [3.05, 3.63) is 140 Å². The molecule has 1 aromatic carbocycles. The van der Waals surface area contributed by atoms with Crippen molar-refractivity contribution in [2.45, 2.75) is 0 Å². The number of aromatic nitrogens is 5. The summed E-state index contributed by atoms with van der Waals surface area (Å²) in [6.07, 6.45) is 5.31. The van der Waals surface area contributed by atoms with Crippen LogP contribution in [0.2, 0.25) is 0 Å². The second-order valence-corrected chi connectivity index (χ2v) is 7.74. The topological polar surface area (TPSA) is 64.5 Å². The third-order valence-electron chi connectivity index (χ3n) is 5.27. The molecule has 0 bridgehead atoms. The molecule has 0 saturated carbocycles. The van der Waals surface area contributed by atoms with E-state index in [4.69, 9.17) is 9.97 Å². The first kappa shape index (κ1) is 25.7. The number of hydrogen-bond donors (Lipinski definition) is 0. The minimum Gasteiger partial charge on any atom is -0.295 e. The van der Waals surface area contributed by atoms with Crippen LogP contribution in [-0.2, 0) is 20.1 Å². The summed E-state index contributed by atoms with van der Waals surface area (Å²) < 4.78 is 0. The second kappa shape index (κ2) is 13.1. The Labute approximate surface area is 229 Å². The smallest absolute Gasteiger partial charge is 0.0894 e. The quantitative estimate of drug-likeness (QED) is 0.195. The van der Waals surface area contributed by atoms with Crippen molar-refractivity contribution < 1.29 is 20.1 Å². The minimum absolute atomic E-state index is 0. The molecule has 0 aliphatic heterocycles. The second-order valence-electron chi connectivity index (χ2n) is 7.74. The third kappa shape index (κ3) is 6.85. The maximum absolute atomic E-state index is 4.73. The van der Waals surface area contributed by atoms with Crippen LogP contribution in [0.15, 0.2) is 134 Å². The van der Waals surface area contributed by atoms with Gasteiger partial charge in [-0.3, -0.25) is 19.9 Å². The number of rotatable bonds is 4. The molecular formula is C31H22IrN5-. The Bertz CT molecular complexity index is 1390. The van der Waals surface area contributed by atoms with Crippen LogP contribution in [0.3, 0.4) is 0 Å². The van der Waals surface area contributed by atoms with E-state index in [2.05, 4.69) is 21.0 Å². The van der Waals surface area contributed by atoms with Gasteiger partial charge in [-0.05, 0) is 60.3 Å². The molecule has 0 fully saturated rings. The predicted molar refractivity (Wildman–Crippen MR) is 142 cm³/mol. The number of pyridine rings is 5. The summed E-state index contributed by atoms with van der Waals surface area (Å²) in [7, 11) is 0. The summed E-state index contributed by atoms with van der Waals surface area (Å²) in [5, 5.41) is 0. The van der Waals surface area contributed by atoms with E-state index in [0.29, 0.717) is 0 Å². The Balaban J connectivity index is 0.000000208. The van der Waals surface area contributed by atoms with Crippen LogP contribution < -0.4 is 0 Å². The summed E-state index contributed by atoms with van der Waals surface area (Å²) in [6.45, 7) is 0. The van der Waals surface area contributed by atoms with Gasteiger partial charge in [0.1, 0.15) is 0 Å². The van der Waals surface area contributed by atoms with E-state index < -0.39 is 0 Å². The van der Waals surface area contributed by atoms with E-state index in [1.165, 1.54) is 0 Å². The van der Waals surface area contributed by atoms with Crippen LogP contribution in [0.1, 0.15) is 0 Å². The van der Waals surface area contributed by atoms with Gasteiger partial charge in [0.05, 0.1) is 34.2 Å². The van der Waals surface area contributed by atoms with Gasteiger partial charge in [0.15, 0.2) is 0 Å². The van der Waals surface area contributed by atoms with E-state index in [0.717, 1.165) is 45.4 Å². The molecule has 37 heavy (non-hydrogen) atoms. The van der Waals surface area contributed by atoms with Gasteiger partial charge >= 0.3 is 0 Å². The van der Waals surface area contributed by atoms with Gasteiger partial charge in [-0.25, -0.2) is 4.98 Å². The van der Waals surface area contributed by atoms with Crippen LogP contribution in [0.5, 0.6) is 0 Å². The molecule has 5 heterocycles. The van der Waals surface area contributed by atoms with Crippen molar-refractivity contribution in [3.8, 4) is 45.4 Å². The van der Waals surface area contributed by atoms with Crippen LogP contribution in [0, 0.1) is 6.07 Å². The molecule has 0 saturated heterocycles. The zero-order valence-electron chi connectivity index (χ0n) is 19.8. The van der Waals surface area contributed by atoms with E-state index in [-0.39, 0.29) is 20.1 Å². The van der Waals surface area contributed by atoms with Crippen molar-refractivity contribution in [1.82, 2.24) is 24.9 Å². The monoisotopic (exact) mass is 657 g/mol. The molecule has 5 nitrogen and oxygen atoms in total. The number of nitrogens with zero attached hydrogens (tertiary/aromatic N) is 5. The summed E-state index contributed by atoms with van der Waals surface area (Å²) >= 11 is 0. The molecule has 1 radical (unpaired) electrons. The van der Waals surface area contributed by atoms with E-state index in [9.17, 15) is 0 Å². The van der Waals surface area contributed by atoms with Gasteiger partial charge < -0.3 is 0 Å². The summed E-state index contributed by atoms with van der Waals surface area (Å²) in [6, 6.07) is 40.3. The summed E-state index contributed by atoms with van der Waals surface area (Å²) in [5.41, 5.74) is 7.05. The molecule has 6 heteroatoms. The Morgan fingerprint density at radius 3 is 1.24 bits per heavy atom. The first-order chi connectivity index (χ1) is 17.9. The Hall–Kier alpha value is -4.38. The Kier molecular flexibility index (Phi) is 9.08. The molecular weight excluding hydrogens is 635 g/mol. The zero-order chi connectivity index (χ0) is 24.4. The van der Waals surface area contributed by atoms with Crippen LogP contribution in [0.4, 0.5) is 0 Å². The number of hydrogen-bond acceptors (Lipinski definition) is 5. The van der Waals surface area contributed by atoms with Crippen molar-refractivity contribution in [3.63, 3.8) is 0 Å². The van der Waals surface area contributed by atoms with Crippen LogP contribution in [0.25, 0.3) is 45.4 Å². The molecule has 6 aromatic rings. The fourth-order valence-electron chi connectivity index (χ4n) is 3.54.